The molecule has 3 atom stereocenters. The molecule has 1 aromatic carbocycles. The number of fused-ring (bicyclic) bond motifs is 2. The molecule has 9 heteroatoms. The zero-order valence-electron chi connectivity index (χ0n) is 20.6. The van der Waals surface area contributed by atoms with Crippen LogP contribution in [-0.4, -0.2) is 67.5 Å². The normalized spacial score (nSPS) is 23.3. The number of benzene rings is 1. The van der Waals surface area contributed by atoms with Crippen LogP contribution in [0.2, 0.25) is 0 Å². The maximum Gasteiger partial charge on any atom is 0.410 e. The Kier molecular flexibility index (Phi) is 9.93. The fraction of sp³-hybridized carbons (Fsp3) is 0.667. The van der Waals surface area contributed by atoms with Gasteiger partial charge in [0.2, 0.25) is 0 Å². The van der Waals surface area contributed by atoms with E-state index in [1.54, 1.807) is 14.2 Å². The summed E-state index contributed by atoms with van der Waals surface area (Å²) in [5.74, 6) is 2.18. The van der Waals surface area contributed by atoms with E-state index in [-0.39, 0.29) is 54.3 Å². The molecule has 0 saturated carbocycles. The summed E-state index contributed by atoms with van der Waals surface area (Å²) in [5.41, 5.74) is -0.472. The summed E-state index contributed by atoms with van der Waals surface area (Å²) in [6.45, 7) is 8.34. The smallest absolute Gasteiger partial charge is 0.410 e. The average Bonchev–Trinajstić information content (AvgIpc) is 3.01. The van der Waals surface area contributed by atoms with Crippen molar-refractivity contribution in [1.82, 2.24) is 15.5 Å². The average molecular weight is 575 g/mol. The lowest BCUT2D eigenvalue weighted by atomic mass is 9.98. The van der Waals surface area contributed by atoms with Gasteiger partial charge in [0, 0.05) is 25.2 Å². The van der Waals surface area contributed by atoms with Crippen LogP contribution in [0.3, 0.4) is 0 Å². The number of nitrogens with zero attached hydrogens (tertiary/aromatic N) is 2. The summed E-state index contributed by atoms with van der Waals surface area (Å²) in [5, 5.41) is 6.89. The van der Waals surface area contributed by atoms with Gasteiger partial charge in [0.25, 0.3) is 0 Å². The number of piperidine rings is 1. The summed E-state index contributed by atoms with van der Waals surface area (Å²) < 4.78 is 17.0. The van der Waals surface area contributed by atoms with Crippen LogP contribution in [0.4, 0.5) is 4.79 Å². The Balaban J connectivity index is 0.00000385. The molecule has 0 spiro atoms. The largest absolute Gasteiger partial charge is 0.493 e. The number of carbonyl (C=O) groups excluding carboxylic acids is 1. The van der Waals surface area contributed by atoms with E-state index < -0.39 is 5.60 Å². The third-order valence-corrected chi connectivity index (χ3v) is 5.86. The van der Waals surface area contributed by atoms with E-state index >= 15 is 0 Å². The summed E-state index contributed by atoms with van der Waals surface area (Å²) in [6, 6.07) is 8.32. The first-order chi connectivity index (χ1) is 15.2. The predicted molar refractivity (Wildman–Crippen MR) is 141 cm³/mol. The van der Waals surface area contributed by atoms with Gasteiger partial charge in [0.05, 0.1) is 13.7 Å². The minimum Gasteiger partial charge on any atom is -0.493 e. The first-order valence-corrected chi connectivity index (χ1v) is 11.5. The third kappa shape index (κ3) is 7.55. The summed E-state index contributed by atoms with van der Waals surface area (Å²) in [4.78, 5) is 19.0. The molecule has 2 N–H and O–H groups in total. The van der Waals surface area contributed by atoms with Gasteiger partial charge in [-0.05, 0) is 65.5 Å². The first-order valence-electron chi connectivity index (χ1n) is 11.5. The van der Waals surface area contributed by atoms with Gasteiger partial charge in [-0.15, -0.1) is 24.0 Å². The molecule has 186 valence electrons. The second kappa shape index (κ2) is 12.0. The van der Waals surface area contributed by atoms with Crippen molar-refractivity contribution in [1.29, 1.82) is 0 Å². The van der Waals surface area contributed by atoms with Crippen LogP contribution in [-0.2, 0) is 4.74 Å². The fourth-order valence-electron chi connectivity index (χ4n) is 4.51. The molecule has 3 rings (SSSR count). The van der Waals surface area contributed by atoms with Crippen LogP contribution in [0.5, 0.6) is 11.5 Å². The molecule has 2 heterocycles. The Morgan fingerprint density at radius 3 is 2.33 bits per heavy atom. The molecule has 2 fully saturated rings. The van der Waals surface area contributed by atoms with Gasteiger partial charge in [0.15, 0.2) is 17.5 Å². The van der Waals surface area contributed by atoms with Crippen molar-refractivity contribution in [3.8, 4) is 11.5 Å². The quantitative estimate of drug-likeness (QED) is 0.302. The highest BCUT2D eigenvalue weighted by Crippen LogP contribution is 2.36. The van der Waals surface area contributed by atoms with Crippen LogP contribution >= 0.6 is 24.0 Å². The lowest BCUT2D eigenvalue weighted by molar-refractivity contribution is 0.00544. The van der Waals surface area contributed by atoms with E-state index in [1.165, 1.54) is 0 Å². The molecule has 0 aliphatic carbocycles. The highest BCUT2D eigenvalue weighted by molar-refractivity contribution is 14.0. The lowest BCUT2D eigenvalue weighted by Gasteiger charge is -2.40. The number of nitrogens with one attached hydrogen (secondary N) is 2. The molecule has 1 aromatic rings. The molecule has 8 nitrogen and oxygen atoms in total. The van der Waals surface area contributed by atoms with E-state index in [1.807, 2.05) is 56.9 Å². The Hall–Kier alpha value is -1.91. The second-order valence-electron chi connectivity index (χ2n) is 9.62. The highest BCUT2D eigenvalue weighted by atomic mass is 127. The van der Waals surface area contributed by atoms with Crippen molar-refractivity contribution in [3.63, 3.8) is 0 Å². The van der Waals surface area contributed by atoms with Crippen molar-refractivity contribution >= 4 is 36.0 Å². The Morgan fingerprint density at radius 2 is 1.79 bits per heavy atom. The number of para-hydroxylation sites is 2. The van der Waals surface area contributed by atoms with E-state index in [0.29, 0.717) is 12.3 Å². The van der Waals surface area contributed by atoms with Gasteiger partial charge in [-0.3, -0.25) is 4.99 Å². The number of hydrogen-bond acceptors (Lipinski definition) is 5. The molecule has 0 aromatic heterocycles. The maximum atomic E-state index is 12.7. The minimum absolute atomic E-state index is 0. The van der Waals surface area contributed by atoms with Crippen molar-refractivity contribution in [2.24, 2.45) is 4.99 Å². The van der Waals surface area contributed by atoms with Crippen molar-refractivity contribution in [3.05, 3.63) is 24.3 Å². The molecule has 3 unspecified atom stereocenters. The van der Waals surface area contributed by atoms with Gasteiger partial charge in [-0.25, -0.2) is 4.79 Å². The van der Waals surface area contributed by atoms with Gasteiger partial charge in [-0.2, -0.15) is 0 Å². The zero-order chi connectivity index (χ0) is 23.3. The van der Waals surface area contributed by atoms with Crippen LogP contribution in [0, 0.1) is 0 Å². The number of guanidine groups is 1. The number of methoxy groups -OCH3 is 1. The van der Waals surface area contributed by atoms with Gasteiger partial charge in [0.1, 0.15) is 11.7 Å². The summed E-state index contributed by atoms with van der Waals surface area (Å²) in [6.07, 6.45) is 3.58. The van der Waals surface area contributed by atoms with Crippen LogP contribution in [0.15, 0.2) is 29.3 Å². The van der Waals surface area contributed by atoms with Crippen molar-refractivity contribution in [2.75, 3.05) is 20.7 Å². The molecule has 33 heavy (non-hydrogen) atoms. The summed E-state index contributed by atoms with van der Waals surface area (Å²) in [7, 11) is 3.41. The molecular weight excluding hydrogens is 535 g/mol. The van der Waals surface area contributed by atoms with Gasteiger partial charge < -0.3 is 29.7 Å². The van der Waals surface area contributed by atoms with Gasteiger partial charge >= 0.3 is 6.09 Å². The number of aliphatic imine (C=N–C) groups is 1. The first kappa shape index (κ1) is 27.3. The fourth-order valence-corrected chi connectivity index (χ4v) is 4.51. The van der Waals surface area contributed by atoms with Crippen LogP contribution in [0.25, 0.3) is 0 Å². The van der Waals surface area contributed by atoms with E-state index in [2.05, 4.69) is 15.6 Å². The number of rotatable bonds is 6. The number of carbonyl (C=O) groups is 1. The zero-order valence-corrected chi connectivity index (χ0v) is 22.9. The third-order valence-electron chi connectivity index (χ3n) is 5.86. The second-order valence-corrected chi connectivity index (χ2v) is 9.62. The standard InChI is InChI=1S/C24H38N4O4.HI/c1-16(31-21-10-8-7-9-20(21)30-6)15-26-22(25-5)27-17-13-18-11-12-19(14-17)28(18)23(29)32-24(2,3)4;/h7-10,16-19H,11-15H2,1-6H3,(H2,25,26,27);1H. The molecule has 2 bridgehead atoms. The number of ether oxygens (including phenoxy) is 3. The lowest BCUT2D eigenvalue weighted by Crippen LogP contribution is -2.55. The predicted octanol–water partition coefficient (Wildman–Crippen LogP) is 4.18. The Bertz CT molecular complexity index is 800. The Labute approximate surface area is 214 Å². The van der Waals surface area contributed by atoms with E-state index in [9.17, 15) is 4.79 Å². The number of hydrogen-bond donors (Lipinski definition) is 2. The van der Waals surface area contributed by atoms with E-state index in [4.69, 9.17) is 14.2 Å². The number of halogens is 1. The molecule has 0 radical (unpaired) electrons. The topological polar surface area (TPSA) is 84.4 Å². The molecule has 2 saturated heterocycles. The molecular formula is C24H39IN4O4. The van der Waals surface area contributed by atoms with Crippen LogP contribution in [0.1, 0.15) is 53.4 Å². The molecule has 2 aliphatic rings. The maximum absolute atomic E-state index is 12.7. The minimum atomic E-state index is -0.472. The van der Waals surface area contributed by atoms with Crippen LogP contribution < -0.4 is 20.1 Å². The molecule has 2 aliphatic heterocycles. The summed E-state index contributed by atoms with van der Waals surface area (Å²) >= 11 is 0. The van der Waals surface area contributed by atoms with Crippen molar-refractivity contribution in [2.45, 2.75) is 83.2 Å². The Morgan fingerprint density at radius 1 is 1.18 bits per heavy atom. The number of amides is 1. The van der Waals surface area contributed by atoms with Gasteiger partial charge in [-0.1, -0.05) is 12.1 Å². The monoisotopic (exact) mass is 574 g/mol. The SMILES string of the molecule is CN=C(NCC(C)Oc1ccccc1OC)NC1CC2CCC(C1)N2C(=O)OC(C)(C)C.I. The molecule has 1 amide bonds. The van der Waals surface area contributed by atoms with Crippen molar-refractivity contribution < 1.29 is 19.0 Å². The highest BCUT2D eigenvalue weighted by Gasteiger charge is 2.45. The van der Waals surface area contributed by atoms with E-state index in [0.717, 1.165) is 37.4 Å².